The Kier molecular flexibility index (Phi) is 5.91. The van der Waals surface area contributed by atoms with Gasteiger partial charge in [-0.05, 0) is 23.3 Å². The van der Waals surface area contributed by atoms with Crippen molar-refractivity contribution in [2.24, 2.45) is 0 Å². The van der Waals surface area contributed by atoms with E-state index in [9.17, 15) is 14.4 Å². The summed E-state index contributed by atoms with van der Waals surface area (Å²) in [7, 11) is 1.66. The molecule has 0 aromatic heterocycles. The summed E-state index contributed by atoms with van der Waals surface area (Å²) in [5.74, 6) is -0.656. The molecule has 1 saturated heterocycles. The molecule has 140 valence electrons. The third-order valence-electron chi connectivity index (χ3n) is 4.44. The molecule has 1 N–H and O–H groups in total. The van der Waals surface area contributed by atoms with Gasteiger partial charge in [-0.2, -0.15) is 0 Å². The van der Waals surface area contributed by atoms with Gasteiger partial charge in [-0.3, -0.25) is 14.5 Å². The lowest BCUT2D eigenvalue weighted by Gasteiger charge is -2.20. The zero-order valence-corrected chi connectivity index (χ0v) is 16.5. The van der Waals surface area contributed by atoms with Gasteiger partial charge in [0.25, 0.3) is 5.91 Å². The summed E-state index contributed by atoms with van der Waals surface area (Å²) in [4.78, 5) is 39.7. The summed E-state index contributed by atoms with van der Waals surface area (Å²) >= 11 is 3.37. The summed E-state index contributed by atoms with van der Waals surface area (Å²) in [6.45, 7) is 0.145. The topological polar surface area (TPSA) is 69.7 Å². The molecule has 0 spiro atoms. The number of imide groups is 1. The van der Waals surface area contributed by atoms with Crippen LogP contribution in [0.1, 0.15) is 11.1 Å². The Labute approximate surface area is 166 Å². The summed E-state index contributed by atoms with van der Waals surface area (Å²) < 4.78 is 0.962. The lowest BCUT2D eigenvalue weighted by molar-refractivity contribution is -0.136. The fraction of sp³-hybridized carbons (Fsp3) is 0.250. The van der Waals surface area contributed by atoms with Gasteiger partial charge in [0, 0.05) is 24.5 Å². The van der Waals surface area contributed by atoms with Crippen LogP contribution in [0.4, 0.5) is 4.79 Å². The molecule has 1 atom stereocenters. The van der Waals surface area contributed by atoms with Crippen LogP contribution in [0.2, 0.25) is 0 Å². The number of hydrogen-bond donors (Lipinski definition) is 1. The Morgan fingerprint density at radius 3 is 2.41 bits per heavy atom. The van der Waals surface area contributed by atoms with Crippen LogP contribution >= 0.6 is 15.9 Å². The van der Waals surface area contributed by atoms with Crippen molar-refractivity contribution in [3.63, 3.8) is 0 Å². The maximum atomic E-state index is 12.5. The van der Waals surface area contributed by atoms with Crippen molar-refractivity contribution in [2.75, 3.05) is 13.6 Å². The van der Waals surface area contributed by atoms with Crippen molar-refractivity contribution in [1.29, 1.82) is 0 Å². The molecule has 3 rings (SSSR count). The number of amides is 4. The van der Waals surface area contributed by atoms with Gasteiger partial charge >= 0.3 is 6.03 Å². The molecule has 2 aromatic carbocycles. The number of halogens is 1. The lowest BCUT2D eigenvalue weighted by atomic mass is 10.1. The van der Waals surface area contributed by atoms with E-state index in [0.717, 1.165) is 20.5 Å². The Balaban J connectivity index is 1.59. The molecule has 2 aromatic rings. The fourth-order valence-electron chi connectivity index (χ4n) is 2.92. The number of likely N-dealkylation sites (N-methyl/N-ethyl adjacent to an activating group) is 1. The normalized spacial score (nSPS) is 16.4. The third kappa shape index (κ3) is 4.74. The monoisotopic (exact) mass is 429 g/mol. The van der Waals surface area contributed by atoms with E-state index in [1.165, 1.54) is 4.90 Å². The Hall–Kier alpha value is -2.67. The molecule has 0 saturated carbocycles. The second-order valence-corrected chi connectivity index (χ2v) is 7.41. The van der Waals surface area contributed by atoms with Crippen molar-refractivity contribution in [3.8, 4) is 0 Å². The predicted molar refractivity (Wildman–Crippen MR) is 105 cm³/mol. The first-order chi connectivity index (χ1) is 12.9. The fourth-order valence-corrected chi connectivity index (χ4v) is 3.19. The van der Waals surface area contributed by atoms with Gasteiger partial charge in [-0.15, -0.1) is 0 Å². The summed E-state index contributed by atoms with van der Waals surface area (Å²) in [5.41, 5.74) is 1.92. The first-order valence-corrected chi connectivity index (χ1v) is 9.37. The number of carbonyl (C=O) groups is 3. The first kappa shape index (κ1) is 19.1. The molecular weight excluding hydrogens is 410 g/mol. The van der Waals surface area contributed by atoms with Crippen molar-refractivity contribution < 1.29 is 14.4 Å². The average Bonchev–Trinajstić information content (AvgIpc) is 2.91. The molecule has 0 aliphatic carbocycles. The van der Waals surface area contributed by atoms with Gasteiger partial charge in [0.1, 0.15) is 12.6 Å². The van der Waals surface area contributed by atoms with Gasteiger partial charge < -0.3 is 10.2 Å². The molecule has 0 bridgehead atoms. The molecule has 6 nitrogen and oxygen atoms in total. The molecule has 1 unspecified atom stereocenters. The van der Waals surface area contributed by atoms with Gasteiger partial charge in [-0.25, -0.2) is 4.79 Å². The zero-order valence-electron chi connectivity index (χ0n) is 14.9. The summed E-state index contributed by atoms with van der Waals surface area (Å²) in [6.07, 6.45) is 0.408. The van der Waals surface area contributed by atoms with E-state index >= 15 is 0 Å². The minimum Gasteiger partial charge on any atom is -0.340 e. The quantitative estimate of drug-likeness (QED) is 0.717. The smallest absolute Gasteiger partial charge is 0.325 e. The lowest BCUT2D eigenvalue weighted by Crippen LogP contribution is -2.41. The number of urea groups is 1. The van der Waals surface area contributed by atoms with Crippen LogP contribution in [-0.2, 0) is 22.6 Å². The van der Waals surface area contributed by atoms with Crippen LogP contribution in [0.25, 0.3) is 0 Å². The Bertz CT molecular complexity index is 839. The van der Waals surface area contributed by atoms with Crippen LogP contribution in [0, 0.1) is 0 Å². The molecule has 4 amide bonds. The molecule has 1 fully saturated rings. The van der Waals surface area contributed by atoms with Crippen LogP contribution in [0.15, 0.2) is 59.1 Å². The second kappa shape index (κ2) is 8.35. The molecule has 1 aliphatic rings. The highest BCUT2D eigenvalue weighted by molar-refractivity contribution is 9.10. The van der Waals surface area contributed by atoms with Crippen LogP contribution in [0.5, 0.6) is 0 Å². The molecule has 0 radical (unpaired) electrons. The first-order valence-electron chi connectivity index (χ1n) is 8.58. The van der Waals surface area contributed by atoms with Gasteiger partial charge in [0.15, 0.2) is 0 Å². The maximum Gasteiger partial charge on any atom is 0.325 e. The average molecular weight is 430 g/mol. The van der Waals surface area contributed by atoms with Crippen molar-refractivity contribution in [3.05, 3.63) is 70.2 Å². The van der Waals surface area contributed by atoms with Crippen LogP contribution in [0.3, 0.4) is 0 Å². The van der Waals surface area contributed by atoms with E-state index in [1.807, 2.05) is 54.6 Å². The highest BCUT2D eigenvalue weighted by Gasteiger charge is 2.39. The van der Waals surface area contributed by atoms with Crippen molar-refractivity contribution >= 4 is 33.8 Å². The number of nitrogens with one attached hydrogen (secondary N) is 1. The largest absolute Gasteiger partial charge is 0.340 e. The Morgan fingerprint density at radius 2 is 1.74 bits per heavy atom. The number of nitrogens with zero attached hydrogens (tertiary/aromatic N) is 2. The minimum atomic E-state index is -0.635. The summed E-state index contributed by atoms with van der Waals surface area (Å²) in [6, 6.07) is 15.9. The summed E-state index contributed by atoms with van der Waals surface area (Å²) in [5, 5.41) is 2.66. The number of hydrogen-bond acceptors (Lipinski definition) is 3. The van der Waals surface area contributed by atoms with E-state index in [0.29, 0.717) is 13.0 Å². The zero-order chi connectivity index (χ0) is 19.4. The van der Waals surface area contributed by atoms with E-state index in [4.69, 9.17) is 0 Å². The number of rotatable bonds is 6. The van der Waals surface area contributed by atoms with Gasteiger partial charge in [0.05, 0.1) is 0 Å². The van der Waals surface area contributed by atoms with E-state index in [1.54, 1.807) is 7.05 Å². The van der Waals surface area contributed by atoms with Gasteiger partial charge in [0.2, 0.25) is 5.91 Å². The molecule has 27 heavy (non-hydrogen) atoms. The molecule has 1 heterocycles. The van der Waals surface area contributed by atoms with Crippen molar-refractivity contribution in [1.82, 2.24) is 15.1 Å². The number of benzene rings is 2. The van der Waals surface area contributed by atoms with E-state index < -0.39 is 12.1 Å². The maximum absolute atomic E-state index is 12.5. The SMILES string of the molecule is CN(Cc1ccc(Br)cc1)C(=O)CN1C(=O)NC(Cc2ccccc2)C1=O. The minimum absolute atomic E-state index is 0.261. The van der Waals surface area contributed by atoms with Crippen LogP contribution in [-0.4, -0.2) is 47.3 Å². The van der Waals surface area contributed by atoms with E-state index in [-0.39, 0.29) is 18.4 Å². The molecule has 1 aliphatic heterocycles. The number of carbonyl (C=O) groups excluding carboxylic acids is 3. The predicted octanol–water partition coefficient (Wildman–Crippen LogP) is 2.57. The highest BCUT2D eigenvalue weighted by atomic mass is 79.9. The molecule has 7 heteroatoms. The van der Waals surface area contributed by atoms with E-state index in [2.05, 4.69) is 21.2 Å². The Morgan fingerprint density at radius 1 is 1.07 bits per heavy atom. The third-order valence-corrected chi connectivity index (χ3v) is 4.97. The second-order valence-electron chi connectivity index (χ2n) is 6.49. The van der Waals surface area contributed by atoms with Crippen LogP contribution < -0.4 is 5.32 Å². The molecular formula is C20H20BrN3O3. The highest BCUT2D eigenvalue weighted by Crippen LogP contribution is 2.14. The van der Waals surface area contributed by atoms with Gasteiger partial charge in [-0.1, -0.05) is 58.4 Å². The van der Waals surface area contributed by atoms with Crippen molar-refractivity contribution in [2.45, 2.75) is 19.0 Å². The standard InChI is InChI=1S/C20H20BrN3O3/c1-23(12-15-7-9-16(21)10-8-15)18(25)13-24-19(26)17(22-20(24)27)11-14-5-3-2-4-6-14/h2-10,17H,11-13H2,1H3,(H,22,27).